The van der Waals surface area contributed by atoms with Crippen LogP contribution in [0.1, 0.15) is 38.3 Å². The first-order valence-corrected chi connectivity index (χ1v) is 6.81. The number of rotatable bonds is 5. The van der Waals surface area contributed by atoms with Crippen LogP contribution in [-0.2, 0) is 0 Å². The Morgan fingerprint density at radius 2 is 2.22 bits per heavy atom. The monoisotopic (exact) mass is 249 g/mol. The maximum atomic E-state index is 8.88. The molecule has 0 fully saturated rings. The van der Waals surface area contributed by atoms with Crippen molar-refractivity contribution >= 4 is 0 Å². The van der Waals surface area contributed by atoms with Crippen molar-refractivity contribution in [3.63, 3.8) is 0 Å². The van der Waals surface area contributed by atoms with Gasteiger partial charge < -0.3 is 15.2 Å². The first kappa shape index (κ1) is 13.4. The fourth-order valence-corrected chi connectivity index (χ4v) is 2.53. The molecule has 0 saturated carbocycles. The zero-order valence-electron chi connectivity index (χ0n) is 11.2. The maximum Gasteiger partial charge on any atom is 0.124 e. The van der Waals surface area contributed by atoms with Gasteiger partial charge in [-0.15, -0.1) is 0 Å². The summed E-state index contributed by atoms with van der Waals surface area (Å²) < 4.78 is 5.75. The lowest BCUT2D eigenvalue weighted by Crippen LogP contribution is -2.38. The molecule has 0 bridgehead atoms. The topological polar surface area (TPSA) is 41.5 Å². The third kappa shape index (κ3) is 3.03. The number of benzene rings is 1. The van der Waals surface area contributed by atoms with E-state index in [4.69, 9.17) is 9.84 Å². The molecule has 0 spiro atoms. The normalized spacial score (nSPS) is 24.2. The summed E-state index contributed by atoms with van der Waals surface area (Å²) in [6, 6.07) is 9.02. The number of hydrogen-bond donors (Lipinski definition) is 2. The van der Waals surface area contributed by atoms with Crippen molar-refractivity contribution in [3.05, 3.63) is 29.8 Å². The minimum absolute atomic E-state index is 0.270. The van der Waals surface area contributed by atoms with Crippen LogP contribution >= 0.6 is 0 Å². The lowest BCUT2D eigenvalue weighted by atomic mass is 9.91. The number of hydrogen-bond acceptors (Lipinski definition) is 3. The molecule has 0 aromatic heterocycles. The number of para-hydroxylation sites is 1. The summed E-state index contributed by atoms with van der Waals surface area (Å²) in [5, 5.41) is 12.6. The van der Waals surface area contributed by atoms with E-state index >= 15 is 0 Å². The standard InChI is InChI=1S/C15H23NO2/c1-11-10-18-14-8-4-3-7-13(14)15(11)16-12(2)6-5-9-17/h3-4,7-8,11-12,15-17H,5-6,9-10H2,1-2H3. The van der Waals surface area contributed by atoms with Crippen molar-refractivity contribution in [3.8, 4) is 5.75 Å². The minimum atomic E-state index is 0.270. The Bertz CT molecular complexity index is 381. The van der Waals surface area contributed by atoms with E-state index < -0.39 is 0 Å². The van der Waals surface area contributed by atoms with E-state index in [1.165, 1.54) is 5.56 Å². The van der Waals surface area contributed by atoms with Gasteiger partial charge in [0.05, 0.1) is 6.61 Å². The number of ether oxygens (including phenoxy) is 1. The highest BCUT2D eigenvalue weighted by molar-refractivity contribution is 5.37. The molecule has 0 aliphatic carbocycles. The molecule has 3 atom stereocenters. The lowest BCUT2D eigenvalue weighted by Gasteiger charge is -2.34. The molecule has 2 N–H and O–H groups in total. The average molecular weight is 249 g/mol. The summed E-state index contributed by atoms with van der Waals surface area (Å²) in [5.41, 5.74) is 1.26. The maximum absolute atomic E-state index is 8.88. The molecule has 0 amide bonds. The summed E-state index contributed by atoms with van der Waals surface area (Å²) >= 11 is 0. The third-order valence-electron chi connectivity index (χ3n) is 3.58. The number of fused-ring (bicyclic) bond motifs is 1. The van der Waals surface area contributed by atoms with Crippen LogP contribution < -0.4 is 10.1 Å². The molecular formula is C15H23NO2. The van der Waals surface area contributed by atoms with E-state index in [-0.39, 0.29) is 6.61 Å². The Hall–Kier alpha value is -1.06. The fraction of sp³-hybridized carbons (Fsp3) is 0.600. The third-order valence-corrected chi connectivity index (χ3v) is 3.58. The van der Waals surface area contributed by atoms with Crippen LogP contribution in [0.3, 0.4) is 0 Å². The van der Waals surface area contributed by atoms with Crippen LogP contribution in [0.4, 0.5) is 0 Å². The van der Waals surface area contributed by atoms with E-state index in [1.54, 1.807) is 0 Å². The first-order chi connectivity index (χ1) is 8.72. The highest BCUT2D eigenvalue weighted by atomic mass is 16.5. The quantitative estimate of drug-likeness (QED) is 0.842. The second-order valence-corrected chi connectivity index (χ2v) is 5.24. The predicted molar refractivity (Wildman–Crippen MR) is 72.8 cm³/mol. The molecule has 18 heavy (non-hydrogen) atoms. The van der Waals surface area contributed by atoms with Crippen LogP contribution in [0.25, 0.3) is 0 Å². The summed E-state index contributed by atoms with van der Waals surface area (Å²) in [5.74, 6) is 1.47. The van der Waals surface area contributed by atoms with Gasteiger partial charge in [0.25, 0.3) is 0 Å². The summed E-state index contributed by atoms with van der Waals surface area (Å²) in [6.07, 6.45) is 1.86. The molecule has 100 valence electrons. The minimum Gasteiger partial charge on any atom is -0.493 e. The molecule has 1 aliphatic rings. The van der Waals surface area contributed by atoms with Crippen LogP contribution in [0.5, 0.6) is 5.75 Å². The van der Waals surface area contributed by atoms with Crippen LogP contribution in [0.2, 0.25) is 0 Å². The molecule has 3 nitrogen and oxygen atoms in total. The molecule has 1 aliphatic heterocycles. The van der Waals surface area contributed by atoms with Gasteiger partial charge in [-0.25, -0.2) is 0 Å². The van der Waals surface area contributed by atoms with Crippen molar-refractivity contribution in [1.82, 2.24) is 5.32 Å². The van der Waals surface area contributed by atoms with Crippen molar-refractivity contribution in [1.29, 1.82) is 0 Å². The van der Waals surface area contributed by atoms with Gasteiger partial charge in [-0.3, -0.25) is 0 Å². The average Bonchev–Trinajstić information content (AvgIpc) is 2.40. The Balaban J connectivity index is 2.07. The molecule has 1 aromatic carbocycles. The van der Waals surface area contributed by atoms with Gasteiger partial charge in [0.15, 0.2) is 0 Å². The molecule has 0 saturated heterocycles. The zero-order chi connectivity index (χ0) is 13.0. The number of aliphatic hydroxyl groups excluding tert-OH is 1. The van der Waals surface area contributed by atoms with E-state index in [0.29, 0.717) is 18.0 Å². The van der Waals surface area contributed by atoms with Crippen molar-refractivity contribution in [2.75, 3.05) is 13.2 Å². The second kappa shape index (κ2) is 6.21. The molecule has 2 rings (SSSR count). The predicted octanol–water partition coefficient (Wildman–Crippen LogP) is 2.51. The van der Waals surface area contributed by atoms with Crippen LogP contribution in [0.15, 0.2) is 24.3 Å². The largest absolute Gasteiger partial charge is 0.493 e. The van der Waals surface area contributed by atoms with Gasteiger partial charge in [-0.05, 0) is 25.8 Å². The van der Waals surface area contributed by atoms with Crippen LogP contribution in [0, 0.1) is 5.92 Å². The number of aliphatic hydroxyl groups is 1. The molecule has 0 radical (unpaired) electrons. The molecule has 3 unspecified atom stereocenters. The van der Waals surface area contributed by atoms with Crippen LogP contribution in [-0.4, -0.2) is 24.4 Å². The molecular weight excluding hydrogens is 226 g/mol. The summed E-state index contributed by atoms with van der Waals surface area (Å²) in [7, 11) is 0. The Labute approximate surface area is 109 Å². The Kier molecular flexibility index (Phi) is 4.61. The zero-order valence-corrected chi connectivity index (χ0v) is 11.2. The van der Waals surface area contributed by atoms with Gasteiger partial charge >= 0.3 is 0 Å². The van der Waals surface area contributed by atoms with Crippen molar-refractivity contribution < 1.29 is 9.84 Å². The summed E-state index contributed by atoms with van der Waals surface area (Å²) in [4.78, 5) is 0. The summed E-state index contributed by atoms with van der Waals surface area (Å²) in [6.45, 7) is 5.43. The van der Waals surface area contributed by atoms with Gasteiger partial charge in [0, 0.05) is 30.2 Å². The van der Waals surface area contributed by atoms with Gasteiger partial charge in [0.1, 0.15) is 5.75 Å². The van der Waals surface area contributed by atoms with E-state index in [2.05, 4.69) is 31.3 Å². The SMILES string of the molecule is CC(CCCO)NC1c2ccccc2OCC1C. The first-order valence-electron chi connectivity index (χ1n) is 6.81. The smallest absolute Gasteiger partial charge is 0.124 e. The Morgan fingerprint density at radius 3 is 3.00 bits per heavy atom. The highest BCUT2D eigenvalue weighted by Gasteiger charge is 2.28. The van der Waals surface area contributed by atoms with Gasteiger partial charge in [0.2, 0.25) is 0 Å². The highest BCUT2D eigenvalue weighted by Crippen LogP contribution is 2.35. The van der Waals surface area contributed by atoms with E-state index in [9.17, 15) is 0 Å². The van der Waals surface area contributed by atoms with E-state index in [1.807, 2.05) is 12.1 Å². The van der Waals surface area contributed by atoms with Crippen molar-refractivity contribution in [2.45, 2.75) is 38.8 Å². The second-order valence-electron chi connectivity index (χ2n) is 5.24. The van der Waals surface area contributed by atoms with E-state index in [0.717, 1.165) is 25.2 Å². The fourth-order valence-electron chi connectivity index (χ4n) is 2.53. The van der Waals surface area contributed by atoms with Crippen molar-refractivity contribution in [2.24, 2.45) is 5.92 Å². The molecule has 1 aromatic rings. The molecule has 1 heterocycles. The molecule has 3 heteroatoms. The van der Waals surface area contributed by atoms with Gasteiger partial charge in [-0.2, -0.15) is 0 Å². The lowest BCUT2D eigenvalue weighted by molar-refractivity contribution is 0.178. The van der Waals surface area contributed by atoms with Gasteiger partial charge in [-0.1, -0.05) is 25.1 Å². The Morgan fingerprint density at radius 1 is 1.44 bits per heavy atom. The number of nitrogens with one attached hydrogen (secondary N) is 1.